The highest BCUT2D eigenvalue weighted by atomic mass is 19.4. The zero-order valence-electron chi connectivity index (χ0n) is 18.1. The molecule has 0 unspecified atom stereocenters. The number of hydrogen-bond donors (Lipinski definition) is 3. The van der Waals surface area contributed by atoms with Crippen molar-refractivity contribution in [1.29, 1.82) is 0 Å². The van der Waals surface area contributed by atoms with Crippen LogP contribution in [0.2, 0.25) is 0 Å². The quantitative estimate of drug-likeness (QED) is 0.294. The summed E-state index contributed by atoms with van der Waals surface area (Å²) in [4.78, 5) is 19.1. The van der Waals surface area contributed by atoms with Gasteiger partial charge in [0.05, 0.1) is 5.56 Å². The summed E-state index contributed by atoms with van der Waals surface area (Å²) in [5.41, 5.74) is 1.39. The van der Waals surface area contributed by atoms with Gasteiger partial charge in [-0.2, -0.15) is 18.2 Å². The van der Waals surface area contributed by atoms with Gasteiger partial charge in [-0.3, -0.25) is 9.89 Å². The Hall–Kier alpha value is -4.60. The Morgan fingerprint density at radius 1 is 0.943 bits per heavy atom. The maximum absolute atomic E-state index is 12.9. The van der Waals surface area contributed by atoms with Crippen molar-refractivity contribution >= 4 is 22.5 Å². The fourth-order valence-electron chi connectivity index (χ4n) is 3.64. The van der Waals surface area contributed by atoms with Gasteiger partial charge in [0.1, 0.15) is 12.4 Å². The van der Waals surface area contributed by atoms with Gasteiger partial charge in [-0.15, -0.1) is 5.10 Å². The zero-order chi connectivity index (χ0) is 24.4. The lowest BCUT2D eigenvalue weighted by molar-refractivity contribution is -0.137. The number of aromatic nitrogens is 4. The van der Waals surface area contributed by atoms with Crippen molar-refractivity contribution in [1.82, 2.24) is 20.2 Å². The number of ether oxygens (including phenoxy) is 1. The fourth-order valence-corrected chi connectivity index (χ4v) is 3.64. The number of anilines is 2. The first kappa shape index (κ1) is 22.2. The van der Waals surface area contributed by atoms with Crippen LogP contribution in [0.25, 0.3) is 22.3 Å². The number of rotatable bonds is 6. The van der Waals surface area contributed by atoms with E-state index in [1.807, 2.05) is 24.3 Å². The molecule has 7 nitrogen and oxygen atoms in total. The normalized spacial score (nSPS) is 11.5. The van der Waals surface area contributed by atoms with Crippen molar-refractivity contribution in [3.63, 3.8) is 0 Å². The minimum atomic E-state index is -4.44. The minimum Gasteiger partial charge on any atom is -0.489 e. The molecule has 3 N–H and O–H groups in total. The van der Waals surface area contributed by atoms with Crippen molar-refractivity contribution in [3.8, 4) is 17.1 Å². The molecule has 5 aromatic rings. The first-order chi connectivity index (χ1) is 16.8. The largest absolute Gasteiger partial charge is 0.489 e. The van der Waals surface area contributed by atoms with Crippen molar-refractivity contribution in [2.24, 2.45) is 0 Å². The smallest absolute Gasteiger partial charge is 0.416 e. The molecule has 0 saturated carbocycles. The third kappa shape index (κ3) is 5.01. The van der Waals surface area contributed by atoms with Gasteiger partial charge in [0.25, 0.3) is 0 Å². The Bertz CT molecular complexity index is 1560. The Labute approximate surface area is 196 Å². The van der Waals surface area contributed by atoms with Crippen molar-refractivity contribution in [2.75, 3.05) is 5.32 Å². The lowest BCUT2D eigenvalue weighted by Gasteiger charge is -2.09. The molecule has 2 aromatic heterocycles. The molecule has 3 aromatic carbocycles. The Morgan fingerprint density at radius 2 is 1.77 bits per heavy atom. The molecule has 0 atom stereocenters. The Kier molecular flexibility index (Phi) is 5.69. The summed E-state index contributed by atoms with van der Waals surface area (Å²) in [5, 5.41) is 10.5. The molecule has 5 rings (SSSR count). The highest BCUT2D eigenvalue weighted by Gasteiger charge is 2.30. The molecule has 0 aliphatic rings. The van der Waals surface area contributed by atoms with Crippen LogP contribution in [-0.4, -0.2) is 20.2 Å². The SMILES string of the molecule is O=c1cc(COc2cccc(-c3nc(Nc4cccc(C(F)(F)F)c4)n[nH]3)c2)c2ccccc2[nH]1. The van der Waals surface area contributed by atoms with E-state index < -0.39 is 11.7 Å². The minimum absolute atomic E-state index is 0.126. The van der Waals surface area contributed by atoms with E-state index in [0.717, 1.165) is 28.6 Å². The van der Waals surface area contributed by atoms with Crippen LogP contribution >= 0.6 is 0 Å². The van der Waals surface area contributed by atoms with Gasteiger partial charge in [-0.05, 0) is 36.4 Å². The highest BCUT2D eigenvalue weighted by molar-refractivity contribution is 5.81. The van der Waals surface area contributed by atoms with E-state index >= 15 is 0 Å². The summed E-state index contributed by atoms with van der Waals surface area (Å²) in [7, 11) is 0. The molecule has 0 aliphatic heterocycles. The number of benzene rings is 3. The predicted octanol–water partition coefficient (Wildman–Crippen LogP) is 5.65. The summed E-state index contributed by atoms with van der Waals surface area (Å²) < 4.78 is 44.8. The second-order valence-electron chi connectivity index (χ2n) is 7.73. The molecule has 0 aliphatic carbocycles. The molecule has 35 heavy (non-hydrogen) atoms. The molecular formula is C25H18F3N5O2. The third-order valence-corrected chi connectivity index (χ3v) is 5.27. The highest BCUT2D eigenvalue weighted by Crippen LogP contribution is 2.31. The summed E-state index contributed by atoms with van der Waals surface area (Å²) in [6.07, 6.45) is -4.44. The van der Waals surface area contributed by atoms with Gasteiger partial charge in [0.2, 0.25) is 11.5 Å². The molecule has 0 bridgehead atoms. The predicted molar refractivity (Wildman–Crippen MR) is 125 cm³/mol. The van der Waals surface area contributed by atoms with E-state index in [9.17, 15) is 18.0 Å². The average Bonchev–Trinajstić information content (AvgIpc) is 3.31. The van der Waals surface area contributed by atoms with Crippen LogP contribution in [-0.2, 0) is 12.8 Å². The van der Waals surface area contributed by atoms with Crippen molar-refractivity contribution in [2.45, 2.75) is 12.8 Å². The second-order valence-corrected chi connectivity index (χ2v) is 7.73. The molecule has 10 heteroatoms. The summed E-state index contributed by atoms with van der Waals surface area (Å²) in [6, 6.07) is 20.9. The number of nitrogens with zero attached hydrogens (tertiary/aromatic N) is 2. The van der Waals surface area contributed by atoms with Crippen LogP contribution in [0.4, 0.5) is 24.8 Å². The number of aromatic amines is 2. The number of nitrogens with one attached hydrogen (secondary N) is 3. The first-order valence-electron chi connectivity index (χ1n) is 10.6. The van der Waals surface area contributed by atoms with Crippen LogP contribution in [0.15, 0.2) is 83.7 Å². The van der Waals surface area contributed by atoms with E-state index in [0.29, 0.717) is 17.1 Å². The van der Waals surface area contributed by atoms with E-state index in [1.54, 1.807) is 24.3 Å². The Morgan fingerprint density at radius 3 is 2.63 bits per heavy atom. The fraction of sp³-hybridized carbons (Fsp3) is 0.0800. The Balaban J connectivity index is 1.32. The number of pyridine rings is 1. The van der Waals surface area contributed by atoms with Crippen LogP contribution in [0.5, 0.6) is 5.75 Å². The van der Waals surface area contributed by atoms with Gasteiger partial charge < -0.3 is 15.0 Å². The van der Waals surface area contributed by atoms with Gasteiger partial charge in [0, 0.05) is 33.8 Å². The van der Waals surface area contributed by atoms with Crippen LogP contribution < -0.4 is 15.6 Å². The van der Waals surface area contributed by atoms with Gasteiger partial charge >= 0.3 is 6.18 Å². The number of fused-ring (bicyclic) bond motifs is 1. The second kappa shape index (κ2) is 8.98. The lowest BCUT2D eigenvalue weighted by Crippen LogP contribution is -2.08. The van der Waals surface area contributed by atoms with Gasteiger partial charge in [-0.1, -0.05) is 36.4 Å². The summed E-state index contributed by atoms with van der Waals surface area (Å²) >= 11 is 0. The maximum Gasteiger partial charge on any atom is 0.416 e. The van der Waals surface area contributed by atoms with Gasteiger partial charge in [-0.25, -0.2) is 0 Å². The van der Waals surface area contributed by atoms with E-state index in [2.05, 4.69) is 25.5 Å². The van der Waals surface area contributed by atoms with E-state index in [-0.39, 0.29) is 23.8 Å². The maximum atomic E-state index is 12.9. The number of alkyl halides is 3. The first-order valence-corrected chi connectivity index (χ1v) is 10.6. The topological polar surface area (TPSA) is 95.7 Å². The molecule has 0 spiro atoms. The summed E-state index contributed by atoms with van der Waals surface area (Å²) in [6.45, 7) is 0.187. The number of para-hydroxylation sites is 1. The monoisotopic (exact) mass is 477 g/mol. The van der Waals surface area contributed by atoms with Crippen molar-refractivity contribution < 1.29 is 17.9 Å². The number of hydrogen-bond acceptors (Lipinski definition) is 5. The van der Waals surface area contributed by atoms with Gasteiger partial charge in [0.15, 0.2) is 5.82 Å². The standard InChI is InChI=1S/C25H18F3N5O2/c26-25(27,28)17-6-4-7-18(13-17)29-24-31-23(32-33-24)15-5-3-8-19(11-15)35-14-16-12-22(34)30-21-10-2-1-9-20(16)21/h1-13H,14H2,(H,30,34)(H2,29,31,32,33). The molecular weight excluding hydrogens is 459 g/mol. The molecule has 0 fully saturated rings. The van der Waals surface area contributed by atoms with E-state index in [4.69, 9.17) is 4.74 Å². The third-order valence-electron chi connectivity index (χ3n) is 5.27. The lowest BCUT2D eigenvalue weighted by atomic mass is 10.1. The number of H-pyrrole nitrogens is 2. The van der Waals surface area contributed by atoms with Crippen molar-refractivity contribution in [3.05, 3.63) is 100 Å². The van der Waals surface area contributed by atoms with Crippen LogP contribution in [0.1, 0.15) is 11.1 Å². The zero-order valence-corrected chi connectivity index (χ0v) is 18.1. The number of halogens is 3. The van der Waals surface area contributed by atoms with Crippen LogP contribution in [0, 0.1) is 0 Å². The molecule has 2 heterocycles. The molecule has 176 valence electrons. The molecule has 0 saturated heterocycles. The summed E-state index contributed by atoms with van der Waals surface area (Å²) in [5.74, 6) is 1.09. The average molecular weight is 477 g/mol. The van der Waals surface area contributed by atoms with Crippen LogP contribution in [0.3, 0.4) is 0 Å². The van der Waals surface area contributed by atoms with E-state index in [1.165, 1.54) is 18.2 Å². The molecule has 0 radical (unpaired) electrons. The molecule has 0 amide bonds.